The Morgan fingerprint density at radius 1 is 1.35 bits per heavy atom. The molecule has 0 saturated carbocycles. The lowest BCUT2D eigenvalue weighted by Crippen LogP contribution is -2.23. The minimum atomic E-state index is 0.135. The van der Waals surface area contributed by atoms with E-state index in [0.29, 0.717) is 19.1 Å². The topological polar surface area (TPSA) is 79.9 Å². The van der Waals surface area contributed by atoms with Gasteiger partial charge in [0.05, 0.1) is 6.61 Å². The molecule has 0 unspecified atom stereocenters. The van der Waals surface area contributed by atoms with Gasteiger partial charge in [-0.3, -0.25) is 0 Å². The first kappa shape index (κ1) is 16.5. The summed E-state index contributed by atoms with van der Waals surface area (Å²) in [6.45, 7) is 7.32. The molecule has 0 heterocycles. The predicted octanol–water partition coefficient (Wildman–Crippen LogP) is 1.93. The van der Waals surface area contributed by atoms with Crippen molar-refractivity contribution in [3.05, 3.63) is 35.4 Å². The Morgan fingerprint density at radius 3 is 2.80 bits per heavy atom. The summed E-state index contributed by atoms with van der Waals surface area (Å²) < 4.78 is 5.53. The molecule has 0 aliphatic rings. The van der Waals surface area contributed by atoms with Crippen LogP contribution in [0.4, 0.5) is 0 Å². The normalized spacial score (nSPS) is 12.1. The van der Waals surface area contributed by atoms with E-state index in [1.165, 1.54) is 0 Å². The second kappa shape index (κ2) is 9.34. The summed E-state index contributed by atoms with van der Waals surface area (Å²) in [4.78, 5) is 0. The molecule has 0 atom stereocenters. The molecule has 0 bridgehead atoms. The van der Waals surface area contributed by atoms with Crippen molar-refractivity contribution in [1.82, 2.24) is 5.32 Å². The highest BCUT2D eigenvalue weighted by Gasteiger charge is 2.05. The Bertz CT molecular complexity index is 419. The van der Waals surface area contributed by atoms with Gasteiger partial charge in [0.1, 0.15) is 0 Å². The molecule has 1 aromatic rings. The third-order valence-corrected chi connectivity index (χ3v) is 2.98. The van der Waals surface area contributed by atoms with Crippen LogP contribution in [0.2, 0.25) is 0 Å². The molecule has 112 valence electrons. The zero-order valence-corrected chi connectivity index (χ0v) is 12.3. The Balaban J connectivity index is 2.29. The molecular formula is C15H25N3O2. The summed E-state index contributed by atoms with van der Waals surface area (Å²) >= 11 is 0. The van der Waals surface area contributed by atoms with E-state index >= 15 is 0 Å². The van der Waals surface area contributed by atoms with Gasteiger partial charge in [-0.15, -0.1) is 0 Å². The lowest BCUT2D eigenvalue weighted by Gasteiger charge is -2.10. The number of benzene rings is 1. The van der Waals surface area contributed by atoms with E-state index in [1.54, 1.807) is 0 Å². The van der Waals surface area contributed by atoms with Crippen LogP contribution in [0.5, 0.6) is 0 Å². The minimum Gasteiger partial charge on any atom is -0.409 e. The van der Waals surface area contributed by atoms with Crippen LogP contribution < -0.4 is 11.1 Å². The van der Waals surface area contributed by atoms with E-state index in [4.69, 9.17) is 15.7 Å². The monoisotopic (exact) mass is 279 g/mol. The number of hydrogen-bond donors (Lipinski definition) is 3. The molecule has 0 amide bonds. The Kier molecular flexibility index (Phi) is 7.69. The van der Waals surface area contributed by atoms with Crippen molar-refractivity contribution in [2.45, 2.75) is 26.8 Å². The zero-order chi connectivity index (χ0) is 14.8. The van der Waals surface area contributed by atoms with Crippen LogP contribution in [-0.2, 0) is 11.3 Å². The first-order valence-electron chi connectivity index (χ1n) is 6.99. The average molecular weight is 279 g/mol. The molecule has 0 aromatic heterocycles. The second-order valence-corrected chi connectivity index (χ2v) is 5.11. The van der Waals surface area contributed by atoms with Gasteiger partial charge in [-0.1, -0.05) is 43.3 Å². The standard InChI is InChI=1S/C15H25N3O2/c1-12(2)7-9-20-10-8-17-11-13-5-3-4-6-14(13)15(16)18-19/h3-6,12,17,19H,7-11H2,1-2H3,(H2,16,18). The van der Waals surface area contributed by atoms with Crippen molar-refractivity contribution in [2.24, 2.45) is 16.8 Å². The maximum atomic E-state index is 8.75. The molecule has 5 heteroatoms. The number of hydrogen-bond acceptors (Lipinski definition) is 4. The fraction of sp³-hybridized carbons (Fsp3) is 0.533. The summed E-state index contributed by atoms with van der Waals surface area (Å²) in [5.41, 5.74) is 7.40. The lowest BCUT2D eigenvalue weighted by atomic mass is 10.1. The third kappa shape index (κ3) is 6.04. The number of nitrogens with one attached hydrogen (secondary N) is 1. The molecule has 0 aliphatic carbocycles. The second-order valence-electron chi connectivity index (χ2n) is 5.11. The largest absolute Gasteiger partial charge is 0.409 e. The van der Waals surface area contributed by atoms with Gasteiger partial charge >= 0.3 is 0 Å². The van der Waals surface area contributed by atoms with E-state index in [0.717, 1.165) is 30.7 Å². The van der Waals surface area contributed by atoms with Crippen molar-refractivity contribution >= 4 is 5.84 Å². The number of amidine groups is 1. The van der Waals surface area contributed by atoms with E-state index in [1.807, 2.05) is 24.3 Å². The van der Waals surface area contributed by atoms with Crippen LogP contribution in [0.15, 0.2) is 29.4 Å². The van der Waals surface area contributed by atoms with E-state index in [-0.39, 0.29) is 5.84 Å². The molecule has 0 aliphatic heterocycles. The van der Waals surface area contributed by atoms with Crippen molar-refractivity contribution in [2.75, 3.05) is 19.8 Å². The van der Waals surface area contributed by atoms with Crippen molar-refractivity contribution in [3.8, 4) is 0 Å². The number of oxime groups is 1. The molecular weight excluding hydrogens is 254 g/mol. The molecule has 20 heavy (non-hydrogen) atoms. The van der Waals surface area contributed by atoms with Gasteiger partial charge in [0.25, 0.3) is 0 Å². The van der Waals surface area contributed by atoms with Gasteiger partial charge < -0.3 is 21.0 Å². The molecule has 1 rings (SSSR count). The molecule has 1 aromatic carbocycles. The Labute approximate surface area is 120 Å². The number of rotatable bonds is 9. The van der Waals surface area contributed by atoms with Gasteiger partial charge in [-0.2, -0.15) is 0 Å². The van der Waals surface area contributed by atoms with E-state index in [9.17, 15) is 0 Å². The third-order valence-electron chi connectivity index (χ3n) is 2.98. The highest BCUT2D eigenvalue weighted by molar-refractivity contribution is 5.98. The maximum absolute atomic E-state index is 8.75. The maximum Gasteiger partial charge on any atom is 0.170 e. The highest BCUT2D eigenvalue weighted by Crippen LogP contribution is 2.08. The molecule has 0 fully saturated rings. The summed E-state index contributed by atoms with van der Waals surface area (Å²) in [5, 5.41) is 15.1. The quantitative estimate of drug-likeness (QED) is 0.212. The van der Waals surface area contributed by atoms with Crippen molar-refractivity contribution in [3.63, 3.8) is 0 Å². The van der Waals surface area contributed by atoms with Gasteiger partial charge in [-0.05, 0) is 17.9 Å². The molecule has 0 saturated heterocycles. The van der Waals surface area contributed by atoms with Crippen LogP contribution in [0, 0.1) is 5.92 Å². The van der Waals surface area contributed by atoms with Crippen LogP contribution in [0.1, 0.15) is 31.4 Å². The highest BCUT2D eigenvalue weighted by atomic mass is 16.5. The first-order chi connectivity index (χ1) is 9.65. The average Bonchev–Trinajstić information content (AvgIpc) is 2.45. The minimum absolute atomic E-state index is 0.135. The molecule has 5 nitrogen and oxygen atoms in total. The molecule has 0 radical (unpaired) electrons. The van der Waals surface area contributed by atoms with Crippen molar-refractivity contribution in [1.29, 1.82) is 0 Å². The summed E-state index contributed by atoms with van der Waals surface area (Å²) in [7, 11) is 0. The summed E-state index contributed by atoms with van der Waals surface area (Å²) in [6, 6.07) is 7.60. The summed E-state index contributed by atoms with van der Waals surface area (Å²) in [6.07, 6.45) is 1.09. The lowest BCUT2D eigenvalue weighted by molar-refractivity contribution is 0.125. The molecule has 4 N–H and O–H groups in total. The first-order valence-corrected chi connectivity index (χ1v) is 6.99. The smallest absolute Gasteiger partial charge is 0.170 e. The van der Waals surface area contributed by atoms with E-state index in [2.05, 4.69) is 24.3 Å². The van der Waals surface area contributed by atoms with E-state index < -0.39 is 0 Å². The number of nitrogens with zero attached hydrogens (tertiary/aromatic N) is 1. The molecule has 0 spiro atoms. The van der Waals surface area contributed by atoms with Crippen molar-refractivity contribution < 1.29 is 9.94 Å². The van der Waals surface area contributed by atoms with Crippen LogP contribution in [0.3, 0.4) is 0 Å². The van der Waals surface area contributed by atoms with Gasteiger partial charge in [0.2, 0.25) is 0 Å². The Morgan fingerprint density at radius 2 is 2.10 bits per heavy atom. The number of nitrogens with two attached hydrogens (primary N) is 1. The van der Waals surface area contributed by atoms with Gasteiger partial charge in [0.15, 0.2) is 5.84 Å². The number of ether oxygens (including phenoxy) is 1. The van der Waals surface area contributed by atoms with Crippen LogP contribution in [-0.4, -0.2) is 30.8 Å². The zero-order valence-electron chi connectivity index (χ0n) is 12.3. The van der Waals surface area contributed by atoms with Gasteiger partial charge in [-0.25, -0.2) is 0 Å². The predicted molar refractivity (Wildman–Crippen MR) is 80.9 cm³/mol. The summed E-state index contributed by atoms with van der Waals surface area (Å²) in [5.74, 6) is 0.811. The SMILES string of the molecule is CC(C)CCOCCNCc1ccccc1C(N)=NO. The Hall–Kier alpha value is -1.59. The van der Waals surface area contributed by atoms with Crippen LogP contribution in [0.25, 0.3) is 0 Å². The fourth-order valence-electron chi connectivity index (χ4n) is 1.77. The van der Waals surface area contributed by atoms with Gasteiger partial charge in [0, 0.05) is 25.3 Å². The fourth-order valence-corrected chi connectivity index (χ4v) is 1.77. The van der Waals surface area contributed by atoms with Crippen LogP contribution >= 0.6 is 0 Å².